The molecule has 0 amide bonds. The first-order valence-electron chi connectivity index (χ1n) is 7.15. The standard InChI is InChI=1S/C9H7N.C8H7BrN2O2/c1-2-6-9-8(4-1)5-3-7-10-9;9-6-3-5-1-2-10-8(5)7(4-6)11(12)13/h1-7H;3-4,10H,1-2H2. The van der Waals surface area contributed by atoms with Crippen LogP contribution in [-0.4, -0.2) is 16.5 Å². The number of nitrogens with one attached hydrogen (secondary N) is 1. The Morgan fingerprint density at radius 2 is 1.96 bits per heavy atom. The maximum atomic E-state index is 10.7. The van der Waals surface area contributed by atoms with Crippen molar-refractivity contribution in [2.24, 2.45) is 0 Å². The van der Waals surface area contributed by atoms with Gasteiger partial charge >= 0.3 is 0 Å². The second-order valence-electron chi connectivity index (χ2n) is 5.09. The van der Waals surface area contributed by atoms with Gasteiger partial charge in [-0.15, -0.1) is 0 Å². The Kier molecular flexibility index (Phi) is 4.52. The third-order valence-electron chi connectivity index (χ3n) is 3.57. The zero-order valence-electron chi connectivity index (χ0n) is 12.2. The fraction of sp³-hybridized carbons (Fsp3) is 0.118. The molecule has 2 heterocycles. The molecule has 3 aromatic rings. The Bertz CT molecular complexity index is 802. The summed E-state index contributed by atoms with van der Waals surface area (Å²) < 4.78 is 0.765. The maximum Gasteiger partial charge on any atom is 0.293 e. The molecule has 1 aromatic heterocycles. The summed E-state index contributed by atoms with van der Waals surface area (Å²) in [6.07, 6.45) is 2.66. The van der Waals surface area contributed by atoms with Gasteiger partial charge < -0.3 is 5.32 Å². The van der Waals surface area contributed by atoms with Crippen molar-refractivity contribution in [3.63, 3.8) is 0 Å². The van der Waals surface area contributed by atoms with Crippen molar-refractivity contribution in [3.8, 4) is 0 Å². The SMILES string of the molecule is O=[N+]([O-])c1cc(Br)cc2c1NCC2.c1ccc2ncccc2c1. The quantitative estimate of drug-likeness (QED) is 0.502. The molecule has 1 aliphatic rings. The third-order valence-corrected chi connectivity index (χ3v) is 4.03. The van der Waals surface area contributed by atoms with Crippen LogP contribution < -0.4 is 5.32 Å². The molecule has 0 spiro atoms. The van der Waals surface area contributed by atoms with Crippen LogP contribution in [0.15, 0.2) is 59.2 Å². The second-order valence-corrected chi connectivity index (χ2v) is 6.00. The minimum atomic E-state index is -0.359. The average Bonchev–Trinajstić information content (AvgIpc) is 3.03. The van der Waals surface area contributed by atoms with Crippen molar-refractivity contribution in [1.82, 2.24) is 4.98 Å². The number of anilines is 1. The van der Waals surface area contributed by atoms with Gasteiger partial charge in [0.05, 0.1) is 10.4 Å². The summed E-state index contributed by atoms with van der Waals surface area (Å²) in [5.41, 5.74) is 2.90. The van der Waals surface area contributed by atoms with E-state index in [0.29, 0.717) is 5.69 Å². The smallest absolute Gasteiger partial charge is 0.293 e. The molecule has 0 atom stereocenters. The molecule has 0 saturated heterocycles. The Balaban J connectivity index is 0.000000140. The second kappa shape index (κ2) is 6.75. The van der Waals surface area contributed by atoms with Gasteiger partial charge in [-0.05, 0) is 30.2 Å². The van der Waals surface area contributed by atoms with Crippen molar-refractivity contribution in [1.29, 1.82) is 0 Å². The van der Waals surface area contributed by atoms with E-state index in [-0.39, 0.29) is 10.6 Å². The highest BCUT2D eigenvalue weighted by atomic mass is 79.9. The van der Waals surface area contributed by atoms with Crippen LogP contribution in [0.1, 0.15) is 5.56 Å². The van der Waals surface area contributed by atoms with E-state index in [1.165, 1.54) is 11.5 Å². The number of nitro benzene ring substituents is 1. The molecule has 23 heavy (non-hydrogen) atoms. The van der Waals surface area contributed by atoms with E-state index in [0.717, 1.165) is 28.5 Å². The largest absolute Gasteiger partial charge is 0.379 e. The lowest BCUT2D eigenvalue weighted by Crippen LogP contribution is -1.96. The Morgan fingerprint density at radius 3 is 2.74 bits per heavy atom. The molecule has 0 fully saturated rings. The van der Waals surface area contributed by atoms with Crippen molar-refractivity contribution >= 4 is 38.2 Å². The minimum absolute atomic E-state index is 0.155. The first-order valence-corrected chi connectivity index (χ1v) is 7.95. The van der Waals surface area contributed by atoms with Crippen LogP contribution in [0.2, 0.25) is 0 Å². The summed E-state index contributed by atoms with van der Waals surface area (Å²) in [6, 6.07) is 15.5. The maximum absolute atomic E-state index is 10.7. The molecule has 4 rings (SSSR count). The van der Waals surface area contributed by atoms with Crippen LogP contribution in [0.25, 0.3) is 10.9 Å². The number of halogens is 1. The third kappa shape index (κ3) is 3.48. The molecule has 116 valence electrons. The number of aromatic nitrogens is 1. The summed E-state index contributed by atoms with van der Waals surface area (Å²) in [5, 5.41) is 14.9. The van der Waals surface area contributed by atoms with Gasteiger partial charge in [0.1, 0.15) is 5.69 Å². The van der Waals surface area contributed by atoms with Gasteiger partial charge in [-0.3, -0.25) is 15.1 Å². The summed E-state index contributed by atoms with van der Waals surface area (Å²) in [6.45, 7) is 0.784. The summed E-state index contributed by atoms with van der Waals surface area (Å²) in [4.78, 5) is 14.5. The van der Waals surface area contributed by atoms with Crippen molar-refractivity contribution in [3.05, 3.63) is 74.9 Å². The van der Waals surface area contributed by atoms with Crippen molar-refractivity contribution in [2.45, 2.75) is 6.42 Å². The molecule has 0 bridgehead atoms. The molecule has 0 saturated carbocycles. The number of hydrogen-bond acceptors (Lipinski definition) is 4. The fourth-order valence-corrected chi connectivity index (χ4v) is 3.02. The molecular formula is C17H14BrN3O2. The van der Waals surface area contributed by atoms with Crippen LogP contribution in [0.5, 0.6) is 0 Å². The molecule has 2 aromatic carbocycles. The number of pyridine rings is 1. The molecular weight excluding hydrogens is 358 g/mol. The van der Waals surface area contributed by atoms with Crippen LogP contribution >= 0.6 is 15.9 Å². The number of nitro groups is 1. The van der Waals surface area contributed by atoms with Crippen molar-refractivity contribution < 1.29 is 4.92 Å². The lowest BCUT2D eigenvalue weighted by Gasteiger charge is -2.01. The van der Waals surface area contributed by atoms with Crippen LogP contribution in [0.4, 0.5) is 11.4 Å². The number of fused-ring (bicyclic) bond motifs is 2. The highest BCUT2D eigenvalue weighted by Crippen LogP contribution is 2.35. The van der Waals surface area contributed by atoms with Gasteiger partial charge in [0.25, 0.3) is 5.69 Å². The van der Waals surface area contributed by atoms with Gasteiger partial charge in [-0.25, -0.2) is 0 Å². The average molecular weight is 372 g/mol. The lowest BCUT2D eigenvalue weighted by molar-refractivity contribution is -0.384. The highest BCUT2D eigenvalue weighted by molar-refractivity contribution is 9.10. The first-order chi connectivity index (χ1) is 11.1. The van der Waals surface area contributed by atoms with Gasteiger partial charge in [0.15, 0.2) is 0 Å². The molecule has 0 radical (unpaired) electrons. The van der Waals surface area contributed by atoms with E-state index in [1.54, 1.807) is 0 Å². The highest BCUT2D eigenvalue weighted by Gasteiger charge is 2.22. The van der Waals surface area contributed by atoms with Gasteiger partial charge in [-0.1, -0.05) is 40.2 Å². The summed E-state index contributed by atoms with van der Waals surface area (Å²) >= 11 is 3.25. The number of benzene rings is 2. The van der Waals surface area contributed by atoms with Crippen LogP contribution in [-0.2, 0) is 6.42 Å². The predicted octanol–water partition coefficient (Wildman–Crippen LogP) is 4.56. The van der Waals surface area contributed by atoms with Crippen LogP contribution in [0.3, 0.4) is 0 Å². The topological polar surface area (TPSA) is 68.1 Å². The van der Waals surface area contributed by atoms with Crippen molar-refractivity contribution in [2.75, 3.05) is 11.9 Å². The van der Waals surface area contributed by atoms with E-state index in [4.69, 9.17) is 0 Å². The monoisotopic (exact) mass is 371 g/mol. The number of para-hydroxylation sites is 1. The molecule has 0 aliphatic carbocycles. The Labute approximate surface area is 141 Å². The summed E-state index contributed by atoms with van der Waals surface area (Å²) in [5.74, 6) is 0. The minimum Gasteiger partial charge on any atom is -0.379 e. The Morgan fingerprint density at radius 1 is 1.17 bits per heavy atom. The van der Waals surface area contributed by atoms with E-state index >= 15 is 0 Å². The zero-order chi connectivity index (χ0) is 16.2. The Hall–Kier alpha value is -2.47. The zero-order valence-corrected chi connectivity index (χ0v) is 13.8. The van der Waals surface area contributed by atoms with E-state index in [9.17, 15) is 10.1 Å². The molecule has 5 nitrogen and oxygen atoms in total. The number of nitrogens with zero attached hydrogens (tertiary/aromatic N) is 2. The normalized spacial score (nSPS) is 12.0. The molecule has 1 aliphatic heterocycles. The van der Waals surface area contributed by atoms with E-state index in [1.807, 2.05) is 36.5 Å². The molecule has 1 N–H and O–H groups in total. The number of hydrogen-bond donors (Lipinski definition) is 1. The van der Waals surface area contributed by atoms with E-state index in [2.05, 4.69) is 38.4 Å². The number of rotatable bonds is 1. The first kappa shape index (κ1) is 15.4. The van der Waals surface area contributed by atoms with Gasteiger partial charge in [0, 0.05) is 28.7 Å². The van der Waals surface area contributed by atoms with Crippen LogP contribution in [0, 0.1) is 10.1 Å². The predicted molar refractivity (Wildman–Crippen MR) is 94.7 cm³/mol. The van der Waals surface area contributed by atoms with Gasteiger partial charge in [0.2, 0.25) is 0 Å². The lowest BCUT2D eigenvalue weighted by atomic mass is 10.1. The fourth-order valence-electron chi connectivity index (χ4n) is 2.53. The molecule has 6 heteroatoms. The van der Waals surface area contributed by atoms with E-state index < -0.39 is 0 Å². The van der Waals surface area contributed by atoms with Gasteiger partial charge in [-0.2, -0.15) is 0 Å². The molecule has 0 unspecified atom stereocenters. The summed E-state index contributed by atoms with van der Waals surface area (Å²) in [7, 11) is 0.